The number of aryl methyl sites for hydroxylation is 1. The molecule has 0 bridgehead atoms. The van der Waals surface area contributed by atoms with Crippen molar-refractivity contribution < 1.29 is 0 Å². The largest absolute Gasteiger partial charge is 0.358 e. The molecule has 3 heteroatoms. The van der Waals surface area contributed by atoms with Crippen LogP contribution >= 0.6 is 11.3 Å². The van der Waals surface area contributed by atoms with Gasteiger partial charge in [-0.3, -0.25) is 0 Å². The normalized spacial score (nSPS) is 9.30. The van der Waals surface area contributed by atoms with Gasteiger partial charge in [0.2, 0.25) is 0 Å². The molecular formula is C7H10N2S. The molecule has 0 aliphatic heterocycles. The van der Waals surface area contributed by atoms with Crippen LogP contribution in [0.3, 0.4) is 0 Å². The van der Waals surface area contributed by atoms with Gasteiger partial charge in [-0.05, 0) is 6.92 Å². The van der Waals surface area contributed by atoms with Crippen LogP contribution in [0.1, 0.15) is 4.88 Å². The minimum absolute atomic E-state index is 0.785. The van der Waals surface area contributed by atoms with Crippen LogP contribution in [0.2, 0.25) is 0 Å². The van der Waals surface area contributed by atoms with E-state index < -0.39 is 0 Å². The van der Waals surface area contributed by atoms with Gasteiger partial charge in [0.1, 0.15) is 0 Å². The molecule has 0 atom stereocenters. The Hall–Kier alpha value is -0.830. The van der Waals surface area contributed by atoms with Gasteiger partial charge in [-0.15, -0.1) is 17.9 Å². The molecule has 1 aromatic rings. The highest BCUT2D eigenvalue weighted by Gasteiger charge is 1.93. The van der Waals surface area contributed by atoms with E-state index in [1.54, 1.807) is 11.3 Å². The third-order valence-corrected chi connectivity index (χ3v) is 1.89. The summed E-state index contributed by atoms with van der Waals surface area (Å²) in [6.07, 6.45) is 3.67. The van der Waals surface area contributed by atoms with Gasteiger partial charge < -0.3 is 5.32 Å². The Labute approximate surface area is 64.6 Å². The zero-order chi connectivity index (χ0) is 7.40. The van der Waals surface area contributed by atoms with Gasteiger partial charge in [0.05, 0.1) is 0 Å². The molecular weight excluding hydrogens is 144 g/mol. The lowest BCUT2D eigenvalue weighted by atomic mass is 10.6. The molecule has 1 heterocycles. The van der Waals surface area contributed by atoms with Crippen molar-refractivity contribution in [1.29, 1.82) is 0 Å². The van der Waals surface area contributed by atoms with E-state index in [-0.39, 0.29) is 0 Å². The lowest BCUT2D eigenvalue weighted by Crippen LogP contribution is -1.95. The van der Waals surface area contributed by atoms with Crippen LogP contribution in [-0.2, 0) is 0 Å². The maximum absolute atomic E-state index is 4.11. The summed E-state index contributed by atoms with van der Waals surface area (Å²) in [5.74, 6) is 0. The second-order valence-corrected chi connectivity index (χ2v) is 3.18. The van der Waals surface area contributed by atoms with Crippen molar-refractivity contribution >= 4 is 16.5 Å². The summed E-state index contributed by atoms with van der Waals surface area (Å²) in [5, 5.41) is 4.07. The molecule has 0 aliphatic carbocycles. The molecule has 0 unspecified atom stereocenters. The van der Waals surface area contributed by atoms with Gasteiger partial charge in [0.15, 0.2) is 5.13 Å². The molecule has 0 spiro atoms. The number of thiazole rings is 1. The van der Waals surface area contributed by atoms with Crippen molar-refractivity contribution in [1.82, 2.24) is 4.98 Å². The van der Waals surface area contributed by atoms with Crippen molar-refractivity contribution in [2.24, 2.45) is 0 Å². The summed E-state index contributed by atoms with van der Waals surface area (Å²) in [4.78, 5) is 5.34. The molecule has 0 saturated heterocycles. The highest BCUT2D eigenvalue weighted by molar-refractivity contribution is 7.15. The second kappa shape index (κ2) is 3.37. The van der Waals surface area contributed by atoms with Gasteiger partial charge in [-0.2, -0.15) is 0 Å². The number of hydrogen-bond acceptors (Lipinski definition) is 3. The van der Waals surface area contributed by atoms with Crippen molar-refractivity contribution in [3.05, 3.63) is 23.7 Å². The first kappa shape index (κ1) is 7.28. The van der Waals surface area contributed by atoms with Crippen LogP contribution in [0, 0.1) is 6.92 Å². The predicted octanol–water partition coefficient (Wildman–Crippen LogP) is 2.05. The zero-order valence-corrected chi connectivity index (χ0v) is 6.74. The number of hydrogen-bond donors (Lipinski definition) is 1. The van der Waals surface area contributed by atoms with Crippen LogP contribution in [0.4, 0.5) is 5.13 Å². The average Bonchev–Trinajstić information content (AvgIpc) is 2.31. The molecule has 1 N–H and O–H groups in total. The number of anilines is 1. The minimum Gasteiger partial charge on any atom is -0.358 e. The van der Waals surface area contributed by atoms with Crippen LogP contribution in [0.25, 0.3) is 0 Å². The smallest absolute Gasteiger partial charge is 0.183 e. The molecule has 54 valence electrons. The Morgan fingerprint density at radius 2 is 2.70 bits per heavy atom. The Morgan fingerprint density at radius 1 is 1.90 bits per heavy atom. The fourth-order valence-electron chi connectivity index (χ4n) is 0.596. The minimum atomic E-state index is 0.785. The first-order valence-corrected chi connectivity index (χ1v) is 3.92. The van der Waals surface area contributed by atoms with E-state index in [9.17, 15) is 0 Å². The van der Waals surface area contributed by atoms with E-state index in [0.717, 1.165) is 11.7 Å². The van der Waals surface area contributed by atoms with E-state index in [4.69, 9.17) is 0 Å². The third kappa shape index (κ3) is 1.84. The number of nitrogens with one attached hydrogen (secondary N) is 1. The fraction of sp³-hybridized carbons (Fsp3) is 0.286. The van der Waals surface area contributed by atoms with Crippen molar-refractivity contribution in [2.45, 2.75) is 6.92 Å². The van der Waals surface area contributed by atoms with Crippen LogP contribution in [0.15, 0.2) is 18.9 Å². The summed E-state index contributed by atoms with van der Waals surface area (Å²) in [7, 11) is 0. The summed E-state index contributed by atoms with van der Waals surface area (Å²) in [5.41, 5.74) is 0. The highest BCUT2D eigenvalue weighted by atomic mass is 32.1. The quantitative estimate of drug-likeness (QED) is 0.674. The van der Waals surface area contributed by atoms with E-state index in [1.165, 1.54) is 4.88 Å². The molecule has 1 aromatic heterocycles. The molecule has 2 nitrogen and oxygen atoms in total. The van der Waals surface area contributed by atoms with Crippen LogP contribution in [0.5, 0.6) is 0 Å². The van der Waals surface area contributed by atoms with Gasteiger partial charge in [0, 0.05) is 17.6 Å². The predicted molar refractivity (Wildman–Crippen MR) is 45.5 cm³/mol. The summed E-state index contributed by atoms with van der Waals surface area (Å²) < 4.78 is 0. The van der Waals surface area contributed by atoms with Gasteiger partial charge in [-0.1, -0.05) is 6.08 Å². The monoisotopic (exact) mass is 154 g/mol. The summed E-state index contributed by atoms with van der Waals surface area (Å²) in [6.45, 7) is 6.42. The molecule has 0 amide bonds. The van der Waals surface area contributed by atoms with E-state index in [0.29, 0.717) is 0 Å². The molecule has 0 aromatic carbocycles. The average molecular weight is 154 g/mol. The highest BCUT2D eigenvalue weighted by Crippen LogP contribution is 2.15. The Kier molecular flexibility index (Phi) is 2.45. The van der Waals surface area contributed by atoms with Crippen molar-refractivity contribution in [3.63, 3.8) is 0 Å². The Morgan fingerprint density at radius 3 is 3.20 bits per heavy atom. The lowest BCUT2D eigenvalue weighted by molar-refractivity contribution is 1.28. The first-order valence-electron chi connectivity index (χ1n) is 3.10. The molecule has 0 radical (unpaired) electrons. The van der Waals surface area contributed by atoms with Gasteiger partial charge in [0.25, 0.3) is 0 Å². The maximum Gasteiger partial charge on any atom is 0.183 e. The fourth-order valence-corrected chi connectivity index (χ4v) is 1.27. The Balaban J connectivity index is 2.49. The van der Waals surface area contributed by atoms with Crippen molar-refractivity contribution in [3.8, 4) is 0 Å². The number of rotatable bonds is 3. The molecule has 0 aliphatic rings. The van der Waals surface area contributed by atoms with Gasteiger partial charge >= 0.3 is 0 Å². The first-order chi connectivity index (χ1) is 4.83. The van der Waals surface area contributed by atoms with E-state index in [2.05, 4.69) is 16.9 Å². The van der Waals surface area contributed by atoms with Gasteiger partial charge in [-0.25, -0.2) is 4.98 Å². The zero-order valence-electron chi connectivity index (χ0n) is 5.92. The standard InChI is InChI=1S/C7H10N2S/c1-3-4-8-7-9-5-6(2)10-7/h3,5H,1,4H2,2H3,(H,8,9). The summed E-state index contributed by atoms with van der Waals surface area (Å²) in [6, 6.07) is 0. The van der Waals surface area contributed by atoms with E-state index >= 15 is 0 Å². The molecule has 0 saturated carbocycles. The summed E-state index contributed by atoms with van der Waals surface area (Å²) >= 11 is 1.66. The molecule has 0 fully saturated rings. The van der Waals surface area contributed by atoms with Crippen LogP contribution in [-0.4, -0.2) is 11.5 Å². The Bertz CT molecular complexity index is 217. The third-order valence-electron chi connectivity index (χ3n) is 1.02. The number of nitrogens with zero attached hydrogens (tertiary/aromatic N) is 1. The SMILES string of the molecule is C=CCNc1ncc(C)s1. The second-order valence-electron chi connectivity index (χ2n) is 1.95. The lowest BCUT2D eigenvalue weighted by Gasteiger charge is -1.93. The number of aromatic nitrogens is 1. The topological polar surface area (TPSA) is 24.9 Å². The molecule has 1 rings (SSSR count). The molecule has 10 heavy (non-hydrogen) atoms. The van der Waals surface area contributed by atoms with E-state index in [1.807, 2.05) is 19.2 Å². The maximum atomic E-state index is 4.11. The van der Waals surface area contributed by atoms with Crippen molar-refractivity contribution in [2.75, 3.05) is 11.9 Å². The van der Waals surface area contributed by atoms with Crippen LogP contribution < -0.4 is 5.32 Å².